The lowest BCUT2D eigenvalue weighted by molar-refractivity contribution is -0.147. The summed E-state index contributed by atoms with van der Waals surface area (Å²) in [4.78, 5) is 10.9. The van der Waals surface area contributed by atoms with E-state index in [1.165, 1.54) is 6.92 Å². The van der Waals surface area contributed by atoms with Crippen molar-refractivity contribution in [2.24, 2.45) is 0 Å². The number of hydrogen-bond donors (Lipinski definition) is 0. The summed E-state index contributed by atoms with van der Waals surface area (Å²) in [5.74, 6) is -0.318. The fraction of sp³-hybridized carbons (Fsp3) is 0.333. The van der Waals surface area contributed by atoms with E-state index in [1.54, 1.807) is 0 Å². The summed E-state index contributed by atoms with van der Waals surface area (Å²) in [6.45, 7) is 1.38. The Bertz CT molecular complexity index is 354. The van der Waals surface area contributed by atoms with Crippen molar-refractivity contribution >= 4 is 5.97 Å². The number of hydrogen-bond acceptors (Lipinski definition) is 3. The van der Waals surface area contributed by atoms with Crippen LogP contribution in [0.25, 0.3) is 0 Å². The third-order valence-electron chi connectivity index (χ3n) is 2.00. The van der Waals surface area contributed by atoms with Crippen molar-refractivity contribution in [3.63, 3.8) is 0 Å². The Labute approximate surface area is 89.3 Å². The van der Waals surface area contributed by atoms with Gasteiger partial charge in [-0.25, -0.2) is 0 Å². The number of ether oxygens (including phenoxy) is 1. The Morgan fingerprint density at radius 1 is 1.47 bits per heavy atom. The molecule has 78 valence electrons. The Morgan fingerprint density at radius 3 is 2.67 bits per heavy atom. The minimum Gasteiger partial charge on any atom is -0.458 e. The fourth-order valence-electron chi connectivity index (χ4n) is 1.36. The van der Waals surface area contributed by atoms with Crippen LogP contribution in [0, 0.1) is 11.3 Å². The largest absolute Gasteiger partial charge is 0.458 e. The van der Waals surface area contributed by atoms with E-state index in [9.17, 15) is 4.79 Å². The summed E-state index contributed by atoms with van der Waals surface area (Å²) in [7, 11) is 0. The van der Waals surface area contributed by atoms with E-state index < -0.39 is 0 Å². The van der Waals surface area contributed by atoms with Gasteiger partial charge in [0, 0.05) is 19.8 Å². The number of rotatable bonds is 4. The maximum Gasteiger partial charge on any atom is 0.303 e. The highest BCUT2D eigenvalue weighted by molar-refractivity contribution is 5.66. The molecule has 1 rings (SSSR count). The van der Waals surface area contributed by atoms with Gasteiger partial charge in [-0.1, -0.05) is 30.3 Å². The molecule has 0 aliphatic heterocycles. The normalized spacial score (nSPS) is 11.5. The molecule has 0 saturated carbocycles. The summed E-state index contributed by atoms with van der Waals surface area (Å²) in [6, 6.07) is 11.5. The molecule has 0 bridgehead atoms. The first kappa shape index (κ1) is 11.3. The molecule has 0 heterocycles. The number of carbonyl (C=O) groups is 1. The van der Waals surface area contributed by atoms with Crippen LogP contribution in [0.1, 0.15) is 31.4 Å². The molecule has 0 aliphatic rings. The molecule has 0 N–H and O–H groups in total. The van der Waals surface area contributed by atoms with Crippen molar-refractivity contribution in [1.82, 2.24) is 0 Å². The van der Waals surface area contributed by atoms with Crippen LogP contribution in [-0.4, -0.2) is 5.97 Å². The van der Waals surface area contributed by atoms with E-state index in [0.717, 1.165) is 5.56 Å². The van der Waals surface area contributed by atoms with E-state index in [1.807, 2.05) is 36.4 Å². The lowest BCUT2D eigenvalue weighted by Crippen LogP contribution is -2.08. The van der Waals surface area contributed by atoms with Gasteiger partial charge in [0.2, 0.25) is 0 Å². The zero-order valence-electron chi connectivity index (χ0n) is 8.64. The van der Waals surface area contributed by atoms with Crippen molar-refractivity contribution in [3.8, 4) is 6.07 Å². The molecule has 0 radical (unpaired) electrons. The van der Waals surface area contributed by atoms with Crippen molar-refractivity contribution in [2.75, 3.05) is 0 Å². The molecule has 0 amide bonds. The average Bonchev–Trinajstić information content (AvgIpc) is 2.25. The van der Waals surface area contributed by atoms with E-state index in [2.05, 4.69) is 0 Å². The second-order valence-corrected chi connectivity index (χ2v) is 3.21. The third-order valence-corrected chi connectivity index (χ3v) is 2.00. The van der Waals surface area contributed by atoms with Gasteiger partial charge in [0.1, 0.15) is 6.10 Å². The Hall–Kier alpha value is -1.82. The van der Waals surface area contributed by atoms with Gasteiger partial charge in [-0.3, -0.25) is 4.79 Å². The highest BCUT2D eigenvalue weighted by atomic mass is 16.5. The maximum absolute atomic E-state index is 10.9. The Morgan fingerprint density at radius 2 is 2.13 bits per heavy atom. The lowest BCUT2D eigenvalue weighted by Gasteiger charge is -2.15. The average molecular weight is 203 g/mol. The zero-order chi connectivity index (χ0) is 11.1. The third kappa shape index (κ3) is 3.82. The molecule has 0 saturated heterocycles. The van der Waals surface area contributed by atoms with Gasteiger partial charge < -0.3 is 4.74 Å². The topological polar surface area (TPSA) is 50.1 Å². The van der Waals surface area contributed by atoms with Crippen LogP contribution < -0.4 is 0 Å². The molecule has 1 atom stereocenters. The second kappa shape index (κ2) is 5.82. The van der Waals surface area contributed by atoms with E-state index in [4.69, 9.17) is 10.00 Å². The molecule has 15 heavy (non-hydrogen) atoms. The van der Waals surface area contributed by atoms with Crippen molar-refractivity contribution in [1.29, 1.82) is 5.26 Å². The zero-order valence-corrected chi connectivity index (χ0v) is 8.64. The minimum atomic E-state index is -0.318. The highest BCUT2D eigenvalue weighted by Crippen LogP contribution is 2.22. The molecular formula is C12H13NO2. The molecule has 1 aromatic rings. The Balaban J connectivity index is 2.72. The van der Waals surface area contributed by atoms with Crippen LogP contribution in [0.3, 0.4) is 0 Å². The van der Waals surface area contributed by atoms with E-state index in [-0.39, 0.29) is 12.1 Å². The molecule has 3 heteroatoms. The predicted molar refractivity (Wildman–Crippen MR) is 55.8 cm³/mol. The van der Waals surface area contributed by atoms with E-state index >= 15 is 0 Å². The summed E-state index contributed by atoms with van der Waals surface area (Å²) in [5.41, 5.74) is 0.933. The van der Waals surface area contributed by atoms with Crippen LogP contribution in [0.4, 0.5) is 0 Å². The number of nitriles is 1. The van der Waals surface area contributed by atoms with Crippen LogP contribution in [0.15, 0.2) is 30.3 Å². The van der Waals surface area contributed by atoms with Crippen molar-refractivity contribution < 1.29 is 9.53 Å². The van der Waals surface area contributed by atoms with Gasteiger partial charge in [0.15, 0.2) is 0 Å². The molecule has 0 aromatic heterocycles. The summed E-state index contributed by atoms with van der Waals surface area (Å²) in [5, 5.41) is 8.51. The molecular weight excluding hydrogens is 190 g/mol. The summed E-state index contributed by atoms with van der Waals surface area (Å²) < 4.78 is 5.15. The molecule has 3 nitrogen and oxygen atoms in total. The van der Waals surface area contributed by atoms with E-state index in [0.29, 0.717) is 12.8 Å². The highest BCUT2D eigenvalue weighted by Gasteiger charge is 2.13. The summed E-state index contributed by atoms with van der Waals surface area (Å²) in [6.07, 6.45) is 0.621. The first-order chi connectivity index (χ1) is 7.24. The molecule has 0 fully saturated rings. The lowest BCUT2D eigenvalue weighted by atomic mass is 10.1. The van der Waals surface area contributed by atoms with Crippen LogP contribution in [-0.2, 0) is 9.53 Å². The molecule has 1 unspecified atom stereocenters. The van der Waals surface area contributed by atoms with Crippen LogP contribution >= 0.6 is 0 Å². The fourth-order valence-corrected chi connectivity index (χ4v) is 1.36. The molecule has 0 aliphatic carbocycles. The van der Waals surface area contributed by atoms with Gasteiger partial charge >= 0.3 is 5.97 Å². The van der Waals surface area contributed by atoms with Gasteiger partial charge in [0.05, 0.1) is 6.07 Å². The van der Waals surface area contributed by atoms with Gasteiger partial charge in [0.25, 0.3) is 0 Å². The molecule has 0 spiro atoms. The van der Waals surface area contributed by atoms with Gasteiger partial charge in [-0.2, -0.15) is 5.26 Å². The monoisotopic (exact) mass is 203 g/mol. The van der Waals surface area contributed by atoms with Crippen LogP contribution in [0.2, 0.25) is 0 Å². The predicted octanol–water partition coefficient (Wildman–Crippen LogP) is 2.59. The standard InChI is InChI=1S/C12H13NO2/c1-10(14)15-12(8-5-9-13)11-6-3-2-4-7-11/h2-4,6-7,12H,5,8H2,1H3. The van der Waals surface area contributed by atoms with Crippen LogP contribution in [0.5, 0.6) is 0 Å². The second-order valence-electron chi connectivity index (χ2n) is 3.21. The van der Waals surface area contributed by atoms with Gasteiger partial charge in [-0.15, -0.1) is 0 Å². The summed E-state index contributed by atoms with van der Waals surface area (Å²) >= 11 is 0. The molecule has 1 aromatic carbocycles. The van der Waals surface area contributed by atoms with Crippen molar-refractivity contribution in [2.45, 2.75) is 25.9 Å². The van der Waals surface area contributed by atoms with Gasteiger partial charge in [-0.05, 0) is 5.56 Å². The number of benzene rings is 1. The first-order valence-electron chi connectivity index (χ1n) is 4.83. The minimum absolute atomic E-state index is 0.302. The number of esters is 1. The SMILES string of the molecule is CC(=O)OC(CCC#N)c1ccccc1. The Kier molecular flexibility index (Phi) is 4.36. The number of nitrogens with zero attached hydrogens (tertiary/aromatic N) is 1. The maximum atomic E-state index is 10.9. The van der Waals surface area contributed by atoms with Crippen molar-refractivity contribution in [3.05, 3.63) is 35.9 Å². The first-order valence-corrected chi connectivity index (χ1v) is 4.83. The number of carbonyl (C=O) groups excluding carboxylic acids is 1. The smallest absolute Gasteiger partial charge is 0.303 e. The quantitative estimate of drug-likeness (QED) is 0.707.